The fourth-order valence-corrected chi connectivity index (χ4v) is 4.56. The first-order valence-electron chi connectivity index (χ1n) is 9.94. The Morgan fingerprint density at radius 3 is 2.44 bits per heavy atom. The van der Waals surface area contributed by atoms with Crippen LogP contribution in [0.5, 0.6) is 0 Å². The second-order valence-corrected chi connectivity index (χ2v) is 9.60. The minimum Gasteiger partial charge on any atom is -0.342 e. The topological polar surface area (TPSA) is 105 Å². The Morgan fingerprint density at radius 1 is 1.12 bits per heavy atom. The van der Waals surface area contributed by atoms with Gasteiger partial charge in [0.25, 0.3) is 5.89 Å². The first-order chi connectivity index (χ1) is 15.3. The molecule has 0 aliphatic carbocycles. The van der Waals surface area contributed by atoms with Crippen molar-refractivity contribution in [1.82, 2.24) is 19.8 Å². The molecule has 3 aromatic rings. The molecule has 0 atom stereocenters. The van der Waals surface area contributed by atoms with E-state index in [9.17, 15) is 17.6 Å². The maximum atomic E-state index is 13.0. The Labute approximate surface area is 189 Å². The number of carbonyl (C=O) groups excluding carboxylic acids is 1. The van der Waals surface area contributed by atoms with Crippen LogP contribution in [-0.2, 0) is 14.8 Å². The molecule has 2 aromatic carbocycles. The number of likely N-dealkylation sites (tertiary alicyclic amines) is 1. The van der Waals surface area contributed by atoms with Gasteiger partial charge < -0.3 is 9.42 Å². The van der Waals surface area contributed by atoms with Gasteiger partial charge in [-0.25, -0.2) is 17.5 Å². The summed E-state index contributed by atoms with van der Waals surface area (Å²) in [6.45, 7) is 0.534. The molecule has 0 saturated carbocycles. The number of amides is 1. The van der Waals surface area contributed by atoms with Crippen molar-refractivity contribution >= 4 is 27.5 Å². The third kappa shape index (κ3) is 5.14. The van der Waals surface area contributed by atoms with Crippen LogP contribution in [-0.4, -0.2) is 49.0 Å². The number of benzene rings is 2. The van der Waals surface area contributed by atoms with Gasteiger partial charge in [0.1, 0.15) is 5.82 Å². The van der Waals surface area contributed by atoms with Crippen LogP contribution < -0.4 is 4.72 Å². The van der Waals surface area contributed by atoms with E-state index in [0.29, 0.717) is 42.7 Å². The summed E-state index contributed by atoms with van der Waals surface area (Å²) in [7, 11) is -3.90. The molecular weight excluding hydrogens is 459 g/mol. The van der Waals surface area contributed by atoms with Gasteiger partial charge in [0.15, 0.2) is 5.82 Å². The average molecular weight is 479 g/mol. The normalized spacial score (nSPS) is 15.1. The van der Waals surface area contributed by atoms with Crippen molar-refractivity contribution in [2.45, 2.75) is 23.7 Å². The van der Waals surface area contributed by atoms with Crippen molar-refractivity contribution in [1.29, 1.82) is 0 Å². The van der Waals surface area contributed by atoms with Crippen molar-refractivity contribution in [3.63, 3.8) is 0 Å². The zero-order valence-electron chi connectivity index (χ0n) is 16.9. The van der Waals surface area contributed by atoms with Crippen LogP contribution in [0.2, 0.25) is 5.02 Å². The minimum absolute atomic E-state index is 0.0414. The van der Waals surface area contributed by atoms with Gasteiger partial charge in [-0.05, 0) is 61.4 Å². The first-order valence-corrected chi connectivity index (χ1v) is 11.8. The summed E-state index contributed by atoms with van der Waals surface area (Å²) < 4.78 is 45.2. The molecule has 1 amide bonds. The summed E-state index contributed by atoms with van der Waals surface area (Å²) >= 11 is 5.90. The van der Waals surface area contributed by atoms with Crippen molar-refractivity contribution in [3.8, 4) is 11.5 Å². The molecule has 1 aliphatic rings. The summed E-state index contributed by atoms with van der Waals surface area (Å²) in [5, 5.41) is 4.69. The lowest BCUT2D eigenvalue weighted by molar-refractivity contribution is -0.131. The average Bonchev–Trinajstić information content (AvgIpc) is 3.29. The van der Waals surface area contributed by atoms with Crippen LogP contribution in [0.1, 0.15) is 24.6 Å². The van der Waals surface area contributed by atoms with Crippen LogP contribution in [0.4, 0.5) is 4.39 Å². The fraction of sp³-hybridized carbons (Fsp3) is 0.286. The third-order valence-electron chi connectivity index (χ3n) is 5.28. The quantitative estimate of drug-likeness (QED) is 0.583. The van der Waals surface area contributed by atoms with Gasteiger partial charge >= 0.3 is 0 Å². The monoisotopic (exact) mass is 478 g/mol. The summed E-state index contributed by atoms with van der Waals surface area (Å²) in [6.07, 6.45) is 1.27. The number of sulfonamides is 1. The number of nitrogens with one attached hydrogen (secondary N) is 1. The van der Waals surface area contributed by atoms with Gasteiger partial charge in [-0.1, -0.05) is 16.8 Å². The Hall–Kier alpha value is -2.82. The molecule has 2 heterocycles. The highest BCUT2D eigenvalue weighted by atomic mass is 35.5. The van der Waals surface area contributed by atoms with E-state index in [1.807, 2.05) is 0 Å². The lowest BCUT2D eigenvalue weighted by Gasteiger charge is -2.30. The SMILES string of the molecule is O=C(CNS(=O)(=O)c1ccc(F)cc1)N1CCC(c2noc(-c3ccc(Cl)cc3)n2)CC1. The van der Waals surface area contributed by atoms with Crippen molar-refractivity contribution in [2.24, 2.45) is 0 Å². The largest absolute Gasteiger partial charge is 0.342 e. The predicted molar refractivity (Wildman–Crippen MR) is 115 cm³/mol. The number of hydrogen-bond donors (Lipinski definition) is 1. The number of carbonyl (C=O) groups is 1. The van der Waals surface area contributed by atoms with Gasteiger partial charge in [-0.2, -0.15) is 4.98 Å². The Bertz CT molecular complexity index is 1190. The zero-order valence-corrected chi connectivity index (χ0v) is 18.4. The van der Waals surface area contributed by atoms with E-state index in [2.05, 4.69) is 14.9 Å². The number of aromatic nitrogens is 2. The fourth-order valence-electron chi connectivity index (χ4n) is 3.46. The Morgan fingerprint density at radius 2 is 1.78 bits per heavy atom. The maximum absolute atomic E-state index is 13.0. The van der Waals surface area contributed by atoms with Gasteiger partial charge in [-0.3, -0.25) is 4.79 Å². The van der Waals surface area contributed by atoms with E-state index in [4.69, 9.17) is 16.1 Å². The van der Waals surface area contributed by atoms with E-state index >= 15 is 0 Å². The molecule has 11 heteroatoms. The number of hydrogen-bond acceptors (Lipinski definition) is 6. The molecule has 1 aliphatic heterocycles. The second kappa shape index (κ2) is 9.35. The van der Waals surface area contributed by atoms with Crippen LogP contribution in [0.25, 0.3) is 11.5 Å². The van der Waals surface area contributed by atoms with Gasteiger partial charge in [0, 0.05) is 29.6 Å². The molecule has 0 unspecified atom stereocenters. The third-order valence-corrected chi connectivity index (χ3v) is 6.95. The van der Waals surface area contributed by atoms with Gasteiger partial charge in [0.05, 0.1) is 11.4 Å². The molecule has 168 valence electrons. The lowest BCUT2D eigenvalue weighted by Crippen LogP contribution is -2.43. The molecule has 0 radical (unpaired) electrons. The van der Waals surface area contributed by atoms with Crippen LogP contribution in [0.3, 0.4) is 0 Å². The smallest absolute Gasteiger partial charge is 0.257 e. The van der Waals surface area contributed by atoms with E-state index < -0.39 is 15.8 Å². The molecule has 1 N–H and O–H groups in total. The van der Waals surface area contributed by atoms with E-state index in [0.717, 1.165) is 29.8 Å². The number of rotatable bonds is 6. The summed E-state index contributed by atoms with van der Waals surface area (Å²) in [6, 6.07) is 11.5. The molecule has 8 nitrogen and oxygen atoms in total. The number of nitrogens with zero attached hydrogens (tertiary/aromatic N) is 3. The van der Waals surface area contributed by atoms with Crippen LogP contribution in [0.15, 0.2) is 57.9 Å². The van der Waals surface area contributed by atoms with Crippen LogP contribution in [0, 0.1) is 5.82 Å². The van der Waals surface area contributed by atoms with Crippen LogP contribution >= 0.6 is 11.6 Å². The zero-order chi connectivity index (χ0) is 22.7. The molecule has 0 spiro atoms. The molecule has 1 aromatic heterocycles. The van der Waals surface area contributed by atoms with E-state index in [1.165, 1.54) is 0 Å². The molecule has 0 bridgehead atoms. The van der Waals surface area contributed by atoms with E-state index in [-0.39, 0.29) is 23.3 Å². The second-order valence-electron chi connectivity index (χ2n) is 7.40. The van der Waals surface area contributed by atoms with E-state index in [1.54, 1.807) is 29.2 Å². The minimum atomic E-state index is -3.90. The lowest BCUT2D eigenvalue weighted by atomic mass is 9.96. The Balaban J connectivity index is 1.30. The highest BCUT2D eigenvalue weighted by Crippen LogP contribution is 2.28. The van der Waals surface area contributed by atoms with Gasteiger partial charge in [-0.15, -0.1) is 0 Å². The molecule has 1 saturated heterocycles. The molecule has 1 fully saturated rings. The van der Waals surface area contributed by atoms with Crippen molar-refractivity contribution in [2.75, 3.05) is 19.6 Å². The molecule has 32 heavy (non-hydrogen) atoms. The maximum Gasteiger partial charge on any atom is 0.257 e. The summed E-state index contributed by atoms with van der Waals surface area (Å²) in [5.41, 5.74) is 0.772. The van der Waals surface area contributed by atoms with Crippen molar-refractivity contribution < 1.29 is 22.1 Å². The summed E-state index contributed by atoms with van der Waals surface area (Å²) in [5.74, 6) is 0.165. The molecular formula is C21H20ClFN4O4S. The number of halogens is 2. The van der Waals surface area contributed by atoms with Crippen molar-refractivity contribution in [3.05, 3.63) is 65.2 Å². The standard InChI is InChI=1S/C21H20ClFN4O4S/c22-16-3-1-15(2-4-16)21-25-20(26-31-21)14-9-11-27(12-10-14)19(28)13-24-32(29,30)18-7-5-17(23)6-8-18/h1-8,14,24H,9-13H2. The molecule has 4 rings (SSSR count). The Kier molecular flexibility index (Phi) is 6.54. The summed E-state index contributed by atoms with van der Waals surface area (Å²) in [4.78, 5) is 18.4. The highest BCUT2D eigenvalue weighted by molar-refractivity contribution is 7.89. The first kappa shape index (κ1) is 22.4. The van der Waals surface area contributed by atoms with Gasteiger partial charge in [0.2, 0.25) is 15.9 Å². The highest BCUT2D eigenvalue weighted by Gasteiger charge is 2.28. The number of piperidine rings is 1. The predicted octanol–water partition coefficient (Wildman–Crippen LogP) is 3.21.